The molecule has 8 heteroatoms. The van der Waals surface area contributed by atoms with Crippen LogP contribution < -0.4 is 26.2 Å². The Hall–Kier alpha value is -17.7. The first-order valence-corrected chi connectivity index (χ1v) is 51.7. The van der Waals surface area contributed by atoms with Crippen molar-refractivity contribution in [2.24, 2.45) is 0 Å². The Balaban J connectivity index is 0.853. The lowest BCUT2D eigenvalue weighted by Gasteiger charge is -2.46. The number of rotatable bonds is 12. The topological polar surface area (TPSA) is 47.0 Å². The van der Waals surface area contributed by atoms with E-state index in [2.05, 4.69) is 279 Å². The third kappa shape index (κ3) is 13.7. The number of aromatic nitrogens is 3. The van der Waals surface area contributed by atoms with Gasteiger partial charge in [0, 0.05) is 110 Å². The summed E-state index contributed by atoms with van der Waals surface area (Å²) in [5.74, 6) is 0. The Labute approximate surface area is 892 Å². The molecule has 7 nitrogen and oxygen atoms in total. The molecule has 29 rings (SSSR count). The summed E-state index contributed by atoms with van der Waals surface area (Å²) in [4.78, 5) is 5.00. The molecule has 2 aliphatic heterocycles. The van der Waals surface area contributed by atoms with Gasteiger partial charge < -0.3 is 32.2 Å². The van der Waals surface area contributed by atoms with E-state index in [0.717, 1.165) is 177 Å². The molecule has 0 fully saturated rings. The highest BCUT2D eigenvalue weighted by molar-refractivity contribution is 7.01. The highest BCUT2D eigenvalue weighted by atomic mass is 16.3. The lowest BCUT2D eigenvalue weighted by atomic mass is 9.33. The van der Waals surface area contributed by atoms with Crippen molar-refractivity contribution in [1.82, 2.24) is 13.5 Å². The fourth-order valence-electron chi connectivity index (χ4n) is 24.1. The van der Waals surface area contributed by atoms with Crippen LogP contribution in [0.1, 0.15) is 125 Å². The van der Waals surface area contributed by atoms with Crippen LogP contribution in [0.3, 0.4) is 0 Å². The monoisotopic (exact) mass is 1940 g/mol. The van der Waals surface area contributed by atoms with Gasteiger partial charge in [0.25, 0.3) is 6.71 Å². The molecule has 716 valence electrons. The van der Waals surface area contributed by atoms with Gasteiger partial charge in [-0.3, -0.25) is 0 Å². The number of benzene rings is 21. The standard InChI is InChI=1S/C142H108BN5O2/c1-139(2,3)97-59-65-109-123(81-97)146-124-82-98(140(4,5)6)60-66-110(124)132-136(146)131(109)137-133-138(132)148(135-113(95-55-63-107-105-49-27-31-53-127(105)149-129(107)75-95)79-100(142(10,11)12)80-114(135)96-56-64-108-106-50-28-32-54-128(106)150-130(108)76-96)126-84-102(145-120-52-30-26-48-104(120)116-74-94(58-70-122(116)145)92-46-34-44-90(72-92)86-37-19-14-20-38-86)62-68-118(126)143(133)117-67-61-101(83-125(117)147(137)134-111(87-39-21-15-22-40-87)77-99(141(7,8)9)78-112(134)88-41-23-16-24-42-88)144-119-51-29-25-47-103(119)115-73-93(57-69-121(115)144)91-45-33-43-89(71-91)85-35-17-13-18-36-85/h13-84H,1-12H3/i25D,26D,29D,30D,47D,48D,51D,52D,57D,58D,69D,70D,73D,74D. The highest BCUT2D eigenvalue weighted by Crippen LogP contribution is 2.62. The number of hydrogen-bond acceptors (Lipinski definition) is 4. The second kappa shape index (κ2) is 32.9. The number of fused-ring (bicyclic) bond motifs is 24. The van der Waals surface area contributed by atoms with E-state index < -0.39 is 76.7 Å². The molecule has 0 radical (unpaired) electrons. The Morgan fingerprint density at radius 1 is 0.233 bits per heavy atom. The Morgan fingerprint density at radius 2 is 0.580 bits per heavy atom. The van der Waals surface area contributed by atoms with Gasteiger partial charge in [-0.1, -0.05) is 374 Å². The smallest absolute Gasteiger partial charge is 0.252 e. The lowest BCUT2D eigenvalue weighted by Crippen LogP contribution is -2.61. The average molecular weight is 1940 g/mol. The Bertz CT molecular complexity index is 11100. The molecule has 0 saturated carbocycles. The number of para-hydroxylation sites is 4. The maximum absolute atomic E-state index is 11.0. The fourth-order valence-corrected chi connectivity index (χ4v) is 24.1. The summed E-state index contributed by atoms with van der Waals surface area (Å²) in [7, 11) is 0. The van der Waals surface area contributed by atoms with Crippen LogP contribution in [-0.2, 0) is 21.7 Å². The molecule has 0 amide bonds. The SMILES string of the molecule is [2H]c1c([2H])c([2H])c2c(c1[2H])c1c([2H])c(-c3cccc(-c4ccccc4)c3)c([2H])c([2H])c1n2-c1ccc2c(c1)N(c1c(-c3ccccc3)cc(C(C)(C)C)cc1-c1ccccc1)c1c3c(c4c5ccc(C(C)(C)C)cc5n5c6cc(C(C)(C)C)ccc6c1c45)N(c1c(-c4ccc5c(c4)oc4ccccc45)cc(C(C)(C)C)cc1-c1ccc4c(c1)oc1ccccc14)c1cc(-n4c5c([2H])c([2H])c([2H])c([2H])c5c5c([2H])c(-c6cccc(-c7ccccc7)c6)c([2H])c([2H])c54)ccc1B23. The lowest BCUT2D eigenvalue weighted by molar-refractivity contribution is 0.590. The van der Waals surface area contributed by atoms with Crippen molar-refractivity contribution < 1.29 is 28.0 Å². The highest BCUT2D eigenvalue weighted by Gasteiger charge is 2.50. The number of hydrogen-bond donors (Lipinski definition) is 0. The number of anilines is 6. The molecule has 150 heavy (non-hydrogen) atoms. The largest absolute Gasteiger partial charge is 0.456 e. The minimum atomic E-state index is -0.952. The summed E-state index contributed by atoms with van der Waals surface area (Å²) >= 11 is 0. The summed E-state index contributed by atoms with van der Waals surface area (Å²) in [6, 6.07) is 116. The zero-order chi connectivity index (χ0) is 113. The van der Waals surface area contributed by atoms with Crippen LogP contribution in [0.5, 0.6) is 0 Å². The van der Waals surface area contributed by atoms with E-state index in [-0.39, 0.29) is 91.0 Å². The van der Waals surface area contributed by atoms with Crippen molar-refractivity contribution in [2.75, 3.05) is 9.80 Å². The first kappa shape index (κ1) is 75.1. The van der Waals surface area contributed by atoms with Gasteiger partial charge in [0.05, 0.1) is 80.6 Å². The maximum Gasteiger partial charge on any atom is 0.252 e. The van der Waals surface area contributed by atoms with Crippen molar-refractivity contribution in [3.05, 3.63) is 459 Å². The minimum Gasteiger partial charge on any atom is -0.456 e. The molecular weight excluding hydrogens is 1820 g/mol. The van der Waals surface area contributed by atoms with Crippen LogP contribution >= 0.6 is 0 Å². The van der Waals surface area contributed by atoms with E-state index in [9.17, 15) is 19.2 Å². The first-order chi connectivity index (χ1) is 78.8. The van der Waals surface area contributed by atoms with Gasteiger partial charge in [-0.05, 0) is 273 Å². The van der Waals surface area contributed by atoms with Gasteiger partial charge in [-0.25, -0.2) is 0 Å². The second-order valence-corrected chi connectivity index (χ2v) is 44.7. The summed E-state index contributed by atoms with van der Waals surface area (Å²) in [5, 5.41) is 7.36. The summed E-state index contributed by atoms with van der Waals surface area (Å²) in [6.07, 6.45) is 0. The van der Waals surface area contributed by atoms with Gasteiger partial charge in [-0.15, -0.1) is 0 Å². The number of nitrogens with zero attached hydrogens (tertiary/aromatic N) is 5. The third-order valence-corrected chi connectivity index (χ3v) is 31.6. The van der Waals surface area contributed by atoms with Gasteiger partial charge in [-0.2, -0.15) is 0 Å². The fraction of sp³-hybridized carbons (Fsp3) is 0.113. The molecule has 0 spiro atoms. The van der Waals surface area contributed by atoms with E-state index in [4.69, 9.17) is 8.83 Å². The zero-order valence-corrected chi connectivity index (χ0v) is 85.1. The zero-order valence-electron chi connectivity index (χ0n) is 99.1. The van der Waals surface area contributed by atoms with Crippen molar-refractivity contribution in [3.8, 4) is 100 Å². The molecule has 21 aromatic carbocycles. The molecule has 0 bridgehead atoms. The van der Waals surface area contributed by atoms with Crippen LogP contribution in [-0.4, -0.2) is 20.2 Å². The quantitative estimate of drug-likeness (QED) is 0.114. The van der Waals surface area contributed by atoms with Gasteiger partial charge in [0.1, 0.15) is 22.3 Å². The van der Waals surface area contributed by atoms with Crippen molar-refractivity contribution >= 4 is 183 Å². The van der Waals surface area contributed by atoms with Crippen molar-refractivity contribution in [2.45, 2.75) is 105 Å². The molecular formula is C142H108BN5O2. The van der Waals surface area contributed by atoms with Crippen molar-refractivity contribution in [1.29, 1.82) is 0 Å². The second-order valence-electron chi connectivity index (χ2n) is 44.7. The Kier molecular flexibility index (Phi) is 16.5. The van der Waals surface area contributed by atoms with Gasteiger partial charge in [0.2, 0.25) is 0 Å². The first-order valence-electron chi connectivity index (χ1n) is 58.7. The summed E-state index contributed by atoms with van der Waals surface area (Å²) < 4.78 is 167. The van der Waals surface area contributed by atoms with Crippen LogP contribution in [0.4, 0.5) is 34.1 Å². The molecule has 0 N–H and O–H groups in total. The predicted molar refractivity (Wildman–Crippen MR) is 637 cm³/mol. The predicted octanol–water partition coefficient (Wildman–Crippen LogP) is 37.4. The van der Waals surface area contributed by atoms with Gasteiger partial charge >= 0.3 is 0 Å². The van der Waals surface area contributed by atoms with E-state index in [0.29, 0.717) is 67.4 Å². The van der Waals surface area contributed by atoms with Crippen LogP contribution in [0.15, 0.2) is 445 Å². The molecule has 0 unspecified atom stereocenters. The van der Waals surface area contributed by atoms with Crippen molar-refractivity contribution in [3.63, 3.8) is 0 Å². The molecule has 27 aromatic rings. The molecule has 0 atom stereocenters. The molecule has 6 aromatic heterocycles. The normalized spacial score (nSPS) is 14.3. The van der Waals surface area contributed by atoms with Crippen LogP contribution in [0.2, 0.25) is 0 Å². The summed E-state index contributed by atoms with van der Waals surface area (Å²) in [6.45, 7) is 26.1. The van der Waals surface area contributed by atoms with E-state index in [1.807, 2.05) is 170 Å². The van der Waals surface area contributed by atoms with E-state index in [1.165, 1.54) is 0 Å². The maximum atomic E-state index is 11.0. The molecule has 2 aliphatic rings. The van der Waals surface area contributed by atoms with Crippen LogP contribution in [0.25, 0.3) is 226 Å². The van der Waals surface area contributed by atoms with Crippen LogP contribution in [0, 0.1) is 0 Å². The third-order valence-electron chi connectivity index (χ3n) is 31.6. The average Bonchev–Trinajstić information content (AvgIpc) is 1.45. The molecule has 0 saturated heterocycles. The molecule has 0 aliphatic carbocycles. The minimum absolute atomic E-state index is 0.000940. The Morgan fingerprint density at radius 3 is 0.987 bits per heavy atom. The summed E-state index contributed by atoms with van der Waals surface area (Å²) in [5.41, 5.74) is 25.8. The van der Waals surface area contributed by atoms with E-state index >= 15 is 0 Å². The molecule has 8 heterocycles. The van der Waals surface area contributed by atoms with E-state index in [1.54, 1.807) is 9.13 Å². The van der Waals surface area contributed by atoms with Gasteiger partial charge in [0.15, 0.2) is 0 Å². The number of furan rings is 2.